The van der Waals surface area contributed by atoms with Gasteiger partial charge in [0.2, 0.25) is 0 Å². The summed E-state index contributed by atoms with van der Waals surface area (Å²) in [6.07, 6.45) is 2.39. The molecule has 0 spiro atoms. The first-order valence-electron chi connectivity index (χ1n) is 4.91. The highest BCUT2D eigenvalue weighted by atomic mass is 79.9. The van der Waals surface area contributed by atoms with E-state index in [1.807, 2.05) is 25.9 Å². The van der Waals surface area contributed by atoms with E-state index in [0.29, 0.717) is 6.42 Å². The molecule has 0 aliphatic rings. The van der Waals surface area contributed by atoms with Gasteiger partial charge in [-0.15, -0.1) is 0 Å². The van der Waals surface area contributed by atoms with Crippen LogP contribution >= 0.6 is 15.9 Å². The van der Waals surface area contributed by atoms with Crippen molar-refractivity contribution in [3.63, 3.8) is 0 Å². The second kappa shape index (κ2) is 5.30. The number of aromatic nitrogens is 2. The molecule has 0 aliphatic heterocycles. The van der Waals surface area contributed by atoms with E-state index >= 15 is 0 Å². The zero-order valence-electron chi connectivity index (χ0n) is 9.33. The predicted octanol–water partition coefficient (Wildman–Crippen LogP) is 2.00. The molecule has 0 fully saturated rings. The summed E-state index contributed by atoms with van der Waals surface area (Å²) in [5.41, 5.74) is 0.998. The van der Waals surface area contributed by atoms with E-state index in [4.69, 9.17) is 0 Å². The molecule has 84 valence electrons. The highest BCUT2D eigenvalue weighted by Crippen LogP contribution is 2.23. The Bertz CT molecular complexity index is 347. The van der Waals surface area contributed by atoms with Crippen molar-refractivity contribution in [2.24, 2.45) is 0 Å². The number of aldehydes is 1. The Hall–Kier alpha value is -0.840. The second-order valence-electron chi connectivity index (χ2n) is 3.64. The SMILES string of the molecule is Cc1nc(Br)n(CCCC=O)c1N(C)C. The normalized spacial score (nSPS) is 10.4. The summed E-state index contributed by atoms with van der Waals surface area (Å²) < 4.78 is 2.91. The van der Waals surface area contributed by atoms with Crippen molar-refractivity contribution in [1.82, 2.24) is 9.55 Å². The first-order chi connectivity index (χ1) is 7.07. The molecule has 0 unspecified atom stereocenters. The fraction of sp³-hybridized carbons (Fsp3) is 0.600. The summed E-state index contributed by atoms with van der Waals surface area (Å²) >= 11 is 3.43. The second-order valence-corrected chi connectivity index (χ2v) is 4.35. The van der Waals surface area contributed by atoms with Crippen LogP contribution in [0.3, 0.4) is 0 Å². The molecule has 1 aromatic heterocycles. The van der Waals surface area contributed by atoms with Gasteiger partial charge < -0.3 is 14.3 Å². The molecule has 0 aromatic carbocycles. The van der Waals surface area contributed by atoms with Crippen LogP contribution in [0.2, 0.25) is 0 Å². The Morgan fingerprint density at radius 2 is 2.20 bits per heavy atom. The third-order valence-corrected chi connectivity index (χ3v) is 2.79. The first-order valence-corrected chi connectivity index (χ1v) is 5.70. The predicted molar refractivity (Wildman–Crippen MR) is 64.3 cm³/mol. The number of imidazole rings is 1. The van der Waals surface area contributed by atoms with E-state index in [2.05, 4.69) is 25.5 Å². The highest BCUT2D eigenvalue weighted by molar-refractivity contribution is 9.10. The van der Waals surface area contributed by atoms with E-state index in [1.54, 1.807) is 0 Å². The zero-order chi connectivity index (χ0) is 11.4. The number of carbonyl (C=O) groups excluding carboxylic acids is 1. The maximum absolute atomic E-state index is 10.3. The quantitative estimate of drug-likeness (QED) is 0.609. The third-order valence-electron chi connectivity index (χ3n) is 2.19. The van der Waals surface area contributed by atoms with E-state index < -0.39 is 0 Å². The van der Waals surface area contributed by atoms with Gasteiger partial charge in [0, 0.05) is 27.1 Å². The number of nitrogens with zero attached hydrogens (tertiary/aromatic N) is 3. The smallest absolute Gasteiger partial charge is 0.178 e. The molecule has 0 radical (unpaired) electrons. The van der Waals surface area contributed by atoms with Gasteiger partial charge in [-0.1, -0.05) is 0 Å². The molecular weight excluding hydrogens is 258 g/mol. The monoisotopic (exact) mass is 273 g/mol. The van der Waals surface area contributed by atoms with Crippen molar-refractivity contribution in [2.75, 3.05) is 19.0 Å². The molecule has 0 aliphatic carbocycles. The molecule has 0 atom stereocenters. The van der Waals surface area contributed by atoms with Crippen LogP contribution in [0.25, 0.3) is 0 Å². The summed E-state index contributed by atoms with van der Waals surface area (Å²) in [4.78, 5) is 16.7. The van der Waals surface area contributed by atoms with Gasteiger partial charge in [-0.3, -0.25) is 0 Å². The number of hydrogen-bond acceptors (Lipinski definition) is 3. The van der Waals surface area contributed by atoms with Crippen LogP contribution in [0.5, 0.6) is 0 Å². The van der Waals surface area contributed by atoms with Gasteiger partial charge >= 0.3 is 0 Å². The van der Waals surface area contributed by atoms with Crippen LogP contribution in [0.1, 0.15) is 18.5 Å². The van der Waals surface area contributed by atoms with E-state index in [0.717, 1.165) is 35.5 Å². The molecule has 1 heterocycles. The molecule has 0 N–H and O–H groups in total. The number of anilines is 1. The van der Waals surface area contributed by atoms with Gasteiger partial charge in [0.15, 0.2) is 4.73 Å². The van der Waals surface area contributed by atoms with Crippen molar-refractivity contribution in [3.8, 4) is 0 Å². The minimum atomic E-state index is 0.594. The lowest BCUT2D eigenvalue weighted by Crippen LogP contribution is -2.15. The van der Waals surface area contributed by atoms with E-state index in [9.17, 15) is 4.79 Å². The zero-order valence-corrected chi connectivity index (χ0v) is 10.9. The molecule has 0 amide bonds. The van der Waals surface area contributed by atoms with Crippen LogP contribution < -0.4 is 4.90 Å². The number of halogens is 1. The lowest BCUT2D eigenvalue weighted by molar-refractivity contribution is -0.107. The average Bonchev–Trinajstić information content (AvgIpc) is 2.42. The Morgan fingerprint density at radius 1 is 1.53 bits per heavy atom. The number of rotatable bonds is 5. The number of carbonyl (C=O) groups is 1. The van der Waals surface area contributed by atoms with Gasteiger partial charge in [0.05, 0.1) is 5.69 Å². The standard InChI is InChI=1S/C10H16BrN3O/c1-8-9(13(2)3)14(10(11)12-8)6-4-5-7-15/h7H,4-6H2,1-3H3. The van der Waals surface area contributed by atoms with Crippen LogP contribution in [-0.2, 0) is 11.3 Å². The van der Waals surface area contributed by atoms with E-state index in [1.165, 1.54) is 0 Å². The molecule has 1 rings (SSSR count). The molecule has 1 aromatic rings. The van der Waals surface area contributed by atoms with Crippen LogP contribution in [-0.4, -0.2) is 29.9 Å². The van der Waals surface area contributed by atoms with Crippen molar-refractivity contribution in [1.29, 1.82) is 0 Å². The minimum Gasteiger partial charge on any atom is -0.363 e. The van der Waals surface area contributed by atoms with Gasteiger partial charge in [0.25, 0.3) is 0 Å². The number of aryl methyl sites for hydroxylation is 1. The van der Waals surface area contributed by atoms with Gasteiger partial charge in [-0.25, -0.2) is 4.98 Å². The van der Waals surface area contributed by atoms with Crippen molar-refractivity contribution in [2.45, 2.75) is 26.3 Å². The maximum atomic E-state index is 10.3. The number of hydrogen-bond donors (Lipinski definition) is 0. The average molecular weight is 274 g/mol. The number of unbranched alkanes of at least 4 members (excludes halogenated alkanes) is 1. The Kier molecular flexibility index (Phi) is 4.32. The Morgan fingerprint density at radius 3 is 2.73 bits per heavy atom. The minimum absolute atomic E-state index is 0.594. The van der Waals surface area contributed by atoms with Gasteiger partial charge in [0.1, 0.15) is 12.1 Å². The Labute approximate surface area is 98.4 Å². The molecule has 0 saturated heterocycles. The van der Waals surface area contributed by atoms with Crippen LogP contribution in [0, 0.1) is 6.92 Å². The molecule has 5 heteroatoms. The van der Waals surface area contributed by atoms with Gasteiger partial charge in [-0.2, -0.15) is 0 Å². The summed E-state index contributed by atoms with van der Waals surface area (Å²) in [5.74, 6) is 1.09. The fourth-order valence-corrected chi connectivity index (χ4v) is 2.24. The maximum Gasteiger partial charge on any atom is 0.178 e. The molecular formula is C10H16BrN3O. The lowest BCUT2D eigenvalue weighted by atomic mass is 10.3. The van der Waals surface area contributed by atoms with Crippen molar-refractivity contribution in [3.05, 3.63) is 10.4 Å². The third kappa shape index (κ3) is 2.81. The first kappa shape index (κ1) is 12.2. The van der Waals surface area contributed by atoms with Crippen LogP contribution in [0.15, 0.2) is 4.73 Å². The summed E-state index contributed by atoms with van der Waals surface area (Å²) in [5, 5.41) is 0. The van der Waals surface area contributed by atoms with Gasteiger partial charge in [-0.05, 0) is 29.3 Å². The highest BCUT2D eigenvalue weighted by Gasteiger charge is 2.13. The molecule has 0 saturated carbocycles. The van der Waals surface area contributed by atoms with Crippen molar-refractivity contribution >= 4 is 28.0 Å². The van der Waals surface area contributed by atoms with Crippen LogP contribution in [0.4, 0.5) is 5.82 Å². The summed E-state index contributed by atoms with van der Waals surface area (Å²) in [7, 11) is 3.99. The molecule has 15 heavy (non-hydrogen) atoms. The summed E-state index contributed by atoms with van der Waals surface area (Å²) in [6.45, 7) is 2.80. The lowest BCUT2D eigenvalue weighted by Gasteiger charge is -2.16. The fourth-order valence-electron chi connectivity index (χ4n) is 1.63. The largest absolute Gasteiger partial charge is 0.363 e. The Balaban J connectivity index is 2.88. The van der Waals surface area contributed by atoms with Crippen molar-refractivity contribution < 1.29 is 4.79 Å². The topological polar surface area (TPSA) is 38.1 Å². The molecule has 4 nitrogen and oxygen atoms in total. The van der Waals surface area contributed by atoms with E-state index in [-0.39, 0.29) is 0 Å². The molecule has 0 bridgehead atoms. The summed E-state index contributed by atoms with van der Waals surface area (Å²) in [6, 6.07) is 0.